The predicted octanol–water partition coefficient (Wildman–Crippen LogP) is 0.758. The molecular formula is C16H21N3O3. The number of aromatic nitrogens is 2. The first-order valence-corrected chi connectivity index (χ1v) is 7.48. The number of nitrogens with zero attached hydrogens (tertiary/aromatic N) is 2. The SMILES string of the molecule is Cc1nc2ccc(CC(=O)N3CC[C@](C)(O)[C@H](O)C3)cc2[nH]1. The molecule has 0 spiro atoms. The molecule has 6 nitrogen and oxygen atoms in total. The summed E-state index contributed by atoms with van der Waals surface area (Å²) in [5.74, 6) is 0.810. The van der Waals surface area contributed by atoms with Gasteiger partial charge in [0.05, 0.1) is 29.2 Å². The summed E-state index contributed by atoms with van der Waals surface area (Å²) in [4.78, 5) is 21.5. The third-order valence-electron chi connectivity index (χ3n) is 4.37. The van der Waals surface area contributed by atoms with Gasteiger partial charge in [-0.05, 0) is 38.0 Å². The molecule has 1 aliphatic heterocycles. The molecule has 2 aromatic rings. The molecule has 0 saturated carbocycles. The molecule has 1 amide bonds. The van der Waals surface area contributed by atoms with Crippen molar-refractivity contribution in [1.29, 1.82) is 0 Å². The van der Waals surface area contributed by atoms with Gasteiger partial charge in [-0.15, -0.1) is 0 Å². The Bertz CT molecular complexity index is 708. The van der Waals surface area contributed by atoms with Gasteiger partial charge in [-0.3, -0.25) is 4.79 Å². The zero-order chi connectivity index (χ0) is 15.9. The average Bonchev–Trinajstić information content (AvgIpc) is 2.81. The van der Waals surface area contributed by atoms with Crippen LogP contribution in [0.4, 0.5) is 0 Å². The fraction of sp³-hybridized carbons (Fsp3) is 0.500. The van der Waals surface area contributed by atoms with E-state index in [1.807, 2.05) is 25.1 Å². The highest BCUT2D eigenvalue weighted by Crippen LogP contribution is 2.23. The molecule has 0 unspecified atom stereocenters. The van der Waals surface area contributed by atoms with Crippen LogP contribution in [0.25, 0.3) is 11.0 Å². The normalized spacial score (nSPS) is 25.6. The van der Waals surface area contributed by atoms with Gasteiger partial charge in [0, 0.05) is 13.1 Å². The lowest BCUT2D eigenvalue weighted by Crippen LogP contribution is -2.55. The van der Waals surface area contributed by atoms with Crippen molar-refractivity contribution in [3.05, 3.63) is 29.6 Å². The van der Waals surface area contributed by atoms with Gasteiger partial charge in [0.25, 0.3) is 0 Å². The molecule has 22 heavy (non-hydrogen) atoms. The molecule has 6 heteroatoms. The first-order chi connectivity index (χ1) is 10.3. The predicted molar refractivity (Wildman–Crippen MR) is 82.4 cm³/mol. The molecule has 1 aromatic carbocycles. The van der Waals surface area contributed by atoms with E-state index in [0.29, 0.717) is 13.0 Å². The fourth-order valence-corrected chi connectivity index (χ4v) is 2.83. The molecule has 0 radical (unpaired) electrons. The Hall–Kier alpha value is -1.92. The van der Waals surface area contributed by atoms with E-state index in [1.165, 1.54) is 0 Å². The van der Waals surface area contributed by atoms with Gasteiger partial charge in [-0.25, -0.2) is 4.98 Å². The lowest BCUT2D eigenvalue weighted by molar-refractivity contribution is -0.145. The van der Waals surface area contributed by atoms with Crippen molar-refractivity contribution in [2.45, 2.75) is 38.4 Å². The second kappa shape index (κ2) is 5.37. The van der Waals surface area contributed by atoms with Crippen molar-refractivity contribution in [1.82, 2.24) is 14.9 Å². The highest BCUT2D eigenvalue weighted by Gasteiger charge is 2.37. The van der Waals surface area contributed by atoms with Gasteiger partial charge in [-0.2, -0.15) is 0 Å². The molecule has 1 aliphatic rings. The van der Waals surface area contributed by atoms with Crippen LogP contribution in [0.1, 0.15) is 24.7 Å². The van der Waals surface area contributed by atoms with E-state index in [4.69, 9.17) is 0 Å². The maximum Gasteiger partial charge on any atom is 0.227 e. The number of piperidine rings is 1. The Morgan fingerprint density at radius 1 is 1.55 bits per heavy atom. The molecule has 0 bridgehead atoms. The number of fused-ring (bicyclic) bond motifs is 1. The summed E-state index contributed by atoms with van der Waals surface area (Å²) < 4.78 is 0. The minimum atomic E-state index is -1.11. The highest BCUT2D eigenvalue weighted by atomic mass is 16.3. The Labute approximate surface area is 128 Å². The van der Waals surface area contributed by atoms with E-state index >= 15 is 0 Å². The molecule has 1 saturated heterocycles. The molecule has 2 heterocycles. The topological polar surface area (TPSA) is 89.5 Å². The fourth-order valence-electron chi connectivity index (χ4n) is 2.83. The van der Waals surface area contributed by atoms with Gasteiger partial charge < -0.3 is 20.1 Å². The summed E-state index contributed by atoms with van der Waals surface area (Å²) in [7, 11) is 0. The van der Waals surface area contributed by atoms with Crippen LogP contribution in [-0.2, 0) is 11.2 Å². The standard InChI is InChI=1S/C16H21N3O3/c1-10-17-12-4-3-11(7-13(12)18-10)8-15(21)19-6-5-16(2,22)14(20)9-19/h3-4,7,14,20,22H,5-6,8-9H2,1-2H3,(H,17,18)/t14-,16+/m1/s1. The number of hydrogen-bond donors (Lipinski definition) is 3. The average molecular weight is 303 g/mol. The van der Waals surface area contributed by atoms with E-state index < -0.39 is 11.7 Å². The molecule has 3 rings (SSSR count). The van der Waals surface area contributed by atoms with Crippen LogP contribution >= 0.6 is 0 Å². The van der Waals surface area contributed by atoms with Gasteiger partial charge >= 0.3 is 0 Å². The monoisotopic (exact) mass is 303 g/mol. The number of likely N-dealkylation sites (tertiary alicyclic amines) is 1. The summed E-state index contributed by atoms with van der Waals surface area (Å²) in [6, 6.07) is 5.73. The number of hydrogen-bond acceptors (Lipinski definition) is 4. The first-order valence-electron chi connectivity index (χ1n) is 7.48. The summed E-state index contributed by atoms with van der Waals surface area (Å²) in [5.41, 5.74) is 1.61. The quantitative estimate of drug-likeness (QED) is 0.764. The molecular weight excluding hydrogens is 282 g/mol. The molecule has 0 aliphatic carbocycles. The van der Waals surface area contributed by atoms with E-state index in [1.54, 1.807) is 11.8 Å². The van der Waals surface area contributed by atoms with Crippen LogP contribution in [0, 0.1) is 6.92 Å². The van der Waals surface area contributed by atoms with E-state index in [2.05, 4.69) is 9.97 Å². The number of H-pyrrole nitrogens is 1. The number of aliphatic hydroxyl groups is 2. The number of β-amino-alcohol motifs (C(OH)–C–C–N with tert-alkyl or cyclic N) is 1. The van der Waals surface area contributed by atoms with Crippen LogP contribution in [0.3, 0.4) is 0 Å². The maximum atomic E-state index is 12.4. The Kier molecular flexibility index (Phi) is 3.66. The molecule has 1 aromatic heterocycles. The molecule has 3 N–H and O–H groups in total. The number of aromatic amines is 1. The van der Waals surface area contributed by atoms with E-state index in [9.17, 15) is 15.0 Å². The number of amides is 1. The minimum Gasteiger partial charge on any atom is -0.388 e. The third-order valence-corrected chi connectivity index (χ3v) is 4.37. The van der Waals surface area contributed by atoms with Crippen LogP contribution in [0.15, 0.2) is 18.2 Å². The van der Waals surface area contributed by atoms with E-state index in [-0.39, 0.29) is 18.9 Å². The molecule has 1 fully saturated rings. The minimum absolute atomic E-state index is 0.0369. The Morgan fingerprint density at radius 2 is 2.32 bits per heavy atom. The second-order valence-electron chi connectivity index (χ2n) is 6.31. The largest absolute Gasteiger partial charge is 0.388 e. The smallest absolute Gasteiger partial charge is 0.227 e. The summed E-state index contributed by atoms with van der Waals surface area (Å²) in [6.45, 7) is 4.14. The third kappa shape index (κ3) is 2.84. The van der Waals surface area contributed by atoms with Gasteiger partial charge in [0.1, 0.15) is 5.82 Å². The van der Waals surface area contributed by atoms with Crippen LogP contribution < -0.4 is 0 Å². The number of carbonyl (C=O) groups excluding carboxylic acids is 1. The van der Waals surface area contributed by atoms with Crippen LogP contribution in [0.2, 0.25) is 0 Å². The van der Waals surface area contributed by atoms with Crippen molar-refractivity contribution in [3.8, 4) is 0 Å². The zero-order valence-corrected chi connectivity index (χ0v) is 12.8. The number of carbonyl (C=O) groups is 1. The number of benzene rings is 1. The summed E-state index contributed by atoms with van der Waals surface area (Å²) >= 11 is 0. The second-order valence-corrected chi connectivity index (χ2v) is 6.31. The highest BCUT2D eigenvalue weighted by molar-refractivity contribution is 5.82. The van der Waals surface area contributed by atoms with Crippen molar-refractivity contribution in [2.24, 2.45) is 0 Å². The van der Waals surface area contributed by atoms with Crippen LogP contribution in [-0.4, -0.2) is 55.8 Å². The lowest BCUT2D eigenvalue weighted by atomic mass is 9.90. The first kappa shape index (κ1) is 15.0. The number of nitrogens with one attached hydrogen (secondary N) is 1. The van der Waals surface area contributed by atoms with Crippen molar-refractivity contribution < 1.29 is 15.0 Å². The zero-order valence-electron chi connectivity index (χ0n) is 12.8. The Balaban J connectivity index is 1.70. The van der Waals surface area contributed by atoms with Gasteiger partial charge in [0.2, 0.25) is 5.91 Å². The lowest BCUT2D eigenvalue weighted by Gasteiger charge is -2.40. The van der Waals surface area contributed by atoms with Gasteiger partial charge in [-0.1, -0.05) is 6.07 Å². The van der Waals surface area contributed by atoms with E-state index in [0.717, 1.165) is 22.4 Å². The number of aryl methyl sites for hydroxylation is 1. The molecule has 118 valence electrons. The molecule has 2 atom stereocenters. The summed E-state index contributed by atoms with van der Waals surface area (Å²) in [5, 5.41) is 19.9. The van der Waals surface area contributed by atoms with Crippen molar-refractivity contribution in [3.63, 3.8) is 0 Å². The van der Waals surface area contributed by atoms with Gasteiger partial charge in [0.15, 0.2) is 0 Å². The van der Waals surface area contributed by atoms with Crippen LogP contribution in [0.5, 0.6) is 0 Å². The van der Waals surface area contributed by atoms with Crippen molar-refractivity contribution in [2.75, 3.05) is 13.1 Å². The van der Waals surface area contributed by atoms with Crippen molar-refractivity contribution >= 4 is 16.9 Å². The summed E-state index contributed by atoms with van der Waals surface area (Å²) in [6.07, 6.45) is -0.232. The maximum absolute atomic E-state index is 12.4. The number of imidazole rings is 1. The number of rotatable bonds is 2. The number of aliphatic hydroxyl groups excluding tert-OH is 1. The Morgan fingerprint density at radius 3 is 3.05 bits per heavy atom.